The Kier molecular flexibility index (Phi) is 3.76. The first-order valence-corrected chi connectivity index (χ1v) is 10.9. The van der Waals surface area contributed by atoms with Crippen molar-refractivity contribution in [2.75, 3.05) is 6.54 Å². The molecule has 6 rings (SSSR count). The third-order valence-electron chi connectivity index (χ3n) is 7.17. The third-order valence-corrected chi connectivity index (χ3v) is 7.17. The highest BCUT2D eigenvalue weighted by Crippen LogP contribution is 2.68. The molecule has 0 atom stereocenters. The first-order valence-electron chi connectivity index (χ1n) is 10.9. The number of rotatable bonds is 3. The molecule has 0 unspecified atom stereocenters. The van der Waals surface area contributed by atoms with E-state index in [0.29, 0.717) is 6.54 Å². The molecule has 1 aliphatic carbocycles. The van der Waals surface area contributed by atoms with Gasteiger partial charge in [-0.3, -0.25) is 4.79 Å². The lowest BCUT2D eigenvalue weighted by atomic mass is 9.50. The predicted octanol–water partition coefficient (Wildman–Crippen LogP) is 5.76. The van der Waals surface area contributed by atoms with Gasteiger partial charge >= 0.3 is 0 Å². The summed E-state index contributed by atoms with van der Waals surface area (Å²) in [6.07, 6.45) is 0. The summed E-state index contributed by atoms with van der Waals surface area (Å²) in [6.45, 7) is 2.74. The highest BCUT2D eigenvalue weighted by Gasteiger charge is 2.75. The van der Waals surface area contributed by atoms with Crippen LogP contribution in [0.5, 0.6) is 0 Å². The summed E-state index contributed by atoms with van der Waals surface area (Å²) in [5.41, 5.74) is 5.57. The first-order chi connectivity index (χ1) is 15.3. The molecule has 2 nitrogen and oxygen atoms in total. The van der Waals surface area contributed by atoms with E-state index < -0.39 is 11.0 Å². The number of hydrogen-bond acceptors (Lipinski definition) is 1. The molecule has 0 bridgehead atoms. The summed E-state index contributed by atoms with van der Waals surface area (Å²) >= 11 is 0. The highest BCUT2D eigenvalue weighted by molar-refractivity contribution is 6.06. The van der Waals surface area contributed by atoms with Crippen LogP contribution in [0.2, 0.25) is 0 Å². The van der Waals surface area contributed by atoms with Gasteiger partial charge in [-0.05, 0) is 40.3 Å². The summed E-state index contributed by atoms with van der Waals surface area (Å²) in [7, 11) is 0. The van der Waals surface area contributed by atoms with Gasteiger partial charge in [0.05, 0.1) is 0 Å². The fourth-order valence-corrected chi connectivity index (χ4v) is 6.15. The van der Waals surface area contributed by atoms with Gasteiger partial charge in [-0.25, -0.2) is 0 Å². The molecule has 1 fully saturated rings. The van der Waals surface area contributed by atoms with Gasteiger partial charge in [-0.15, -0.1) is 0 Å². The molecule has 4 aromatic carbocycles. The fraction of sp³-hybridized carbons (Fsp3) is 0.138. The molecule has 4 aromatic rings. The number of β-lactam (4-membered cyclic amide) rings is 1. The summed E-state index contributed by atoms with van der Waals surface area (Å²) in [5, 5.41) is 0. The monoisotopic (exact) mass is 401 g/mol. The Morgan fingerprint density at radius 3 is 1.48 bits per heavy atom. The van der Waals surface area contributed by atoms with Crippen molar-refractivity contribution in [1.29, 1.82) is 0 Å². The average Bonchev–Trinajstić information content (AvgIpc) is 3.14. The molecule has 2 heteroatoms. The molecule has 0 radical (unpaired) electrons. The second kappa shape index (κ2) is 6.42. The Labute approximate surface area is 182 Å². The van der Waals surface area contributed by atoms with E-state index in [4.69, 9.17) is 0 Å². The largest absolute Gasteiger partial charge is 0.326 e. The maximum atomic E-state index is 14.2. The van der Waals surface area contributed by atoms with Crippen molar-refractivity contribution in [3.8, 4) is 11.1 Å². The van der Waals surface area contributed by atoms with E-state index in [2.05, 4.69) is 84.6 Å². The Hall–Kier alpha value is -3.65. The Balaban J connectivity index is 1.81. The van der Waals surface area contributed by atoms with E-state index in [0.717, 1.165) is 11.1 Å². The van der Waals surface area contributed by atoms with Gasteiger partial charge in [0.25, 0.3) is 0 Å². The topological polar surface area (TPSA) is 20.3 Å². The van der Waals surface area contributed by atoms with Crippen LogP contribution in [0.15, 0.2) is 109 Å². The summed E-state index contributed by atoms with van der Waals surface area (Å²) in [4.78, 5) is 16.3. The molecule has 150 valence electrons. The van der Waals surface area contributed by atoms with Gasteiger partial charge in [0, 0.05) is 6.54 Å². The van der Waals surface area contributed by atoms with Crippen LogP contribution in [0.1, 0.15) is 29.2 Å². The van der Waals surface area contributed by atoms with Crippen molar-refractivity contribution < 1.29 is 4.79 Å². The minimum atomic E-state index is -0.811. The Bertz CT molecular complexity index is 1210. The quantitative estimate of drug-likeness (QED) is 0.400. The lowest BCUT2D eigenvalue weighted by molar-refractivity contribution is -0.168. The molecule has 0 aromatic heterocycles. The molecule has 1 heterocycles. The maximum Gasteiger partial charge on any atom is 0.241 e. The van der Waals surface area contributed by atoms with Gasteiger partial charge in [-0.2, -0.15) is 0 Å². The highest BCUT2D eigenvalue weighted by atomic mass is 16.2. The molecular formula is C29H23NO. The second-order valence-electron chi connectivity index (χ2n) is 8.33. The van der Waals surface area contributed by atoms with Crippen LogP contribution < -0.4 is 0 Å². The van der Waals surface area contributed by atoms with Crippen molar-refractivity contribution in [1.82, 2.24) is 4.90 Å². The van der Waals surface area contributed by atoms with E-state index in [1.54, 1.807) is 0 Å². The summed E-state index contributed by atoms with van der Waals surface area (Å²) < 4.78 is 0. The zero-order valence-electron chi connectivity index (χ0n) is 17.5. The van der Waals surface area contributed by atoms with E-state index in [9.17, 15) is 4.79 Å². The van der Waals surface area contributed by atoms with Crippen LogP contribution >= 0.6 is 0 Å². The van der Waals surface area contributed by atoms with Crippen LogP contribution in [0, 0.1) is 0 Å². The van der Waals surface area contributed by atoms with E-state index >= 15 is 0 Å². The lowest BCUT2D eigenvalue weighted by Gasteiger charge is -2.65. The number of fused-ring (bicyclic) bond motifs is 5. The van der Waals surface area contributed by atoms with Gasteiger partial charge < -0.3 is 4.90 Å². The number of carbonyl (C=O) groups is 1. The SMILES string of the molecule is CCN1C(=O)C(c2ccccc2)(c2ccccc2)C12c1ccccc1-c1ccccc12. The number of carbonyl (C=O) groups excluding carboxylic acids is 1. The fourth-order valence-electron chi connectivity index (χ4n) is 6.15. The number of hydrogen-bond donors (Lipinski definition) is 0. The van der Waals surface area contributed by atoms with E-state index in [1.165, 1.54) is 22.3 Å². The average molecular weight is 402 g/mol. The second-order valence-corrected chi connectivity index (χ2v) is 8.33. The summed E-state index contributed by atoms with van der Waals surface area (Å²) in [6, 6.07) is 37.9. The first kappa shape index (κ1) is 18.1. The van der Waals surface area contributed by atoms with Crippen LogP contribution in [0.3, 0.4) is 0 Å². The molecule has 2 aliphatic rings. The zero-order chi connectivity index (χ0) is 21.1. The van der Waals surface area contributed by atoms with Gasteiger partial charge in [0.15, 0.2) is 0 Å². The summed E-state index contributed by atoms with van der Waals surface area (Å²) in [5.74, 6) is 0.166. The lowest BCUT2D eigenvalue weighted by Crippen LogP contribution is -2.78. The van der Waals surface area contributed by atoms with Crippen molar-refractivity contribution in [3.05, 3.63) is 131 Å². The van der Waals surface area contributed by atoms with Crippen molar-refractivity contribution in [2.45, 2.75) is 17.9 Å². The minimum absolute atomic E-state index is 0.166. The maximum absolute atomic E-state index is 14.2. The molecule has 1 aliphatic heterocycles. The number of likely N-dealkylation sites (tertiary alicyclic amines) is 1. The van der Waals surface area contributed by atoms with Gasteiger partial charge in [0.2, 0.25) is 5.91 Å². The van der Waals surface area contributed by atoms with Crippen LogP contribution in [0.4, 0.5) is 0 Å². The Morgan fingerprint density at radius 1 is 0.613 bits per heavy atom. The molecule has 31 heavy (non-hydrogen) atoms. The standard InChI is InChI=1S/C29H23NO/c1-2-30-27(31)28(21-13-5-3-6-14-21,22-15-7-4-8-16-22)29(30)25-19-11-9-17-23(25)24-18-10-12-20-26(24)29/h3-20H,2H2,1H3. The Morgan fingerprint density at radius 2 is 1.03 bits per heavy atom. The van der Waals surface area contributed by atoms with Crippen LogP contribution in [0.25, 0.3) is 11.1 Å². The normalized spacial score (nSPS) is 17.2. The predicted molar refractivity (Wildman–Crippen MR) is 124 cm³/mol. The van der Waals surface area contributed by atoms with Crippen molar-refractivity contribution in [3.63, 3.8) is 0 Å². The number of amides is 1. The number of likely N-dealkylation sites (N-methyl/N-ethyl adjacent to an activating group) is 1. The number of nitrogens with zero attached hydrogens (tertiary/aromatic N) is 1. The zero-order valence-corrected chi connectivity index (χ0v) is 17.5. The molecular weight excluding hydrogens is 378 g/mol. The van der Waals surface area contributed by atoms with E-state index in [-0.39, 0.29) is 5.91 Å². The smallest absolute Gasteiger partial charge is 0.241 e. The van der Waals surface area contributed by atoms with E-state index in [1.807, 2.05) is 36.4 Å². The minimum Gasteiger partial charge on any atom is -0.326 e. The van der Waals surface area contributed by atoms with Crippen LogP contribution in [-0.4, -0.2) is 17.4 Å². The third kappa shape index (κ3) is 1.96. The molecule has 0 saturated carbocycles. The molecule has 1 spiro atoms. The molecule has 1 amide bonds. The molecule has 0 N–H and O–H groups in total. The van der Waals surface area contributed by atoms with Crippen LogP contribution in [-0.2, 0) is 15.7 Å². The number of benzene rings is 4. The molecule has 1 saturated heterocycles. The van der Waals surface area contributed by atoms with Gasteiger partial charge in [-0.1, -0.05) is 109 Å². The van der Waals surface area contributed by atoms with Crippen molar-refractivity contribution >= 4 is 5.91 Å². The van der Waals surface area contributed by atoms with Crippen molar-refractivity contribution in [2.24, 2.45) is 0 Å². The van der Waals surface area contributed by atoms with Gasteiger partial charge in [0.1, 0.15) is 11.0 Å².